The van der Waals surface area contributed by atoms with Crippen LogP contribution in [0.4, 0.5) is 8.78 Å². The molecule has 0 amide bonds. The topological polar surface area (TPSA) is 60.7 Å². The van der Waals surface area contributed by atoms with Gasteiger partial charge in [-0.25, -0.2) is 18.6 Å². The molecule has 2 aromatic carbocycles. The van der Waals surface area contributed by atoms with Crippen molar-refractivity contribution in [3.8, 4) is 11.3 Å². The molecule has 0 N–H and O–H groups in total. The number of ketones is 1. The van der Waals surface area contributed by atoms with E-state index in [1.165, 1.54) is 53.2 Å². The molecular weight excluding hydrogens is 390 g/mol. The molecule has 0 atom stereocenters. The minimum atomic E-state index is -0.579. The fraction of sp³-hybridized carbons (Fsp3) is 0.0870. The van der Waals surface area contributed by atoms with E-state index in [-0.39, 0.29) is 29.2 Å². The zero-order valence-corrected chi connectivity index (χ0v) is 15.9. The molecule has 5 nitrogen and oxygen atoms in total. The maximum absolute atomic E-state index is 13.2. The van der Waals surface area contributed by atoms with E-state index in [1.54, 1.807) is 25.1 Å². The van der Waals surface area contributed by atoms with Gasteiger partial charge in [0.2, 0.25) is 5.78 Å². The molecule has 0 saturated carbocycles. The first-order chi connectivity index (χ1) is 14.5. The second kappa shape index (κ2) is 7.87. The number of fused-ring (bicyclic) bond motifs is 1. The quantitative estimate of drug-likeness (QED) is 0.356. The Bertz CT molecular complexity index is 1250. The second-order valence-electron chi connectivity index (χ2n) is 6.54. The minimum absolute atomic E-state index is 0.174. The highest BCUT2D eigenvalue weighted by Gasteiger charge is 2.22. The number of aromatic nitrogens is 2. The van der Waals surface area contributed by atoms with Gasteiger partial charge < -0.3 is 4.74 Å². The molecule has 0 unspecified atom stereocenters. The molecule has 2 heterocycles. The molecule has 0 spiro atoms. The Morgan fingerprint density at radius 2 is 1.60 bits per heavy atom. The molecule has 0 aliphatic rings. The average Bonchev–Trinajstić information content (AvgIpc) is 3.13. The molecule has 150 valence electrons. The molecule has 0 saturated heterocycles. The lowest BCUT2D eigenvalue weighted by Crippen LogP contribution is -2.05. The van der Waals surface area contributed by atoms with Crippen LogP contribution in [0.15, 0.2) is 67.0 Å². The van der Waals surface area contributed by atoms with E-state index >= 15 is 0 Å². The van der Waals surface area contributed by atoms with E-state index in [9.17, 15) is 18.4 Å². The minimum Gasteiger partial charge on any atom is -0.462 e. The molecule has 4 aromatic rings. The summed E-state index contributed by atoms with van der Waals surface area (Å²) >= 11 is 0. The van der Waals surface area contributed by atoms with Crippen molar-refractivity contribution in [1.29, 1.82) is 0 Å². The number of nitrogens with zero attached hydrogens (tertiary/aromatic N) is 2. The largest absolute Gasteiger partial charge is 0.462 e. The lowest BCUT2D eigenvalue weighted by atomic mass is 10.1. The molecule has 7 heteroatoms. The van der Waals surface area contributed by atoms with Crippen LogP contribution in [0.5, 0.6) is 0 Å². The molecule has 0 fully saturated rings. The van der Waals surface area contributed by atoms with Gasteiger partial charge in [0.25, 0.3) is 0 Å². The van der Waals surface area contributed by atoms with Crippen molar-refractivity contribution >= 4 is 17.3 Å². The van der Waals surface area contributed by atoms with Crippen LogP contribution < -0.4 is 0 Å². The van der Waals surface area contributed by atoms with Crippen LogP contribution in [-0.2, 0) is 4.74 Å². The van der Waals surface area contributed by atoms with Crippen LogP contribution in [0.25, 0.3) is 16.8 Å². The van der Waals surface area contributed by atoms with Gasteiger partial charge >= 0.3 is 5.97 Å². The molecule has 4 rings (SSSR count). The fourth-order valence-electron chi connectivity index (χ4n) is 3.17. The zero-order valence-electron chi connectivity index (χ0n) is 15.9. The monoisotopic (exact) mass is 406 g/mol. The van der Waals surface area contributed by atoms with Gasteiger partial charge in [0.15, 0.2) is 0 Å². The first-order valence-electron chi connectivity index (χ1n) is 9.22. The second-order valence-corrected chi connectivity index (χ2v) is 6.54. The fourth-order valence-corrected chi connectivity index (χ4v) is 3.17. The van der Waals surface area contributed by atoms with E-state index in [2.05, 4.69) is 4.98 Å². The van der Waals surface area contributed by atoms with Gasteiger partial charge in [0.1, 0.15) is 18.0 Å². The van der Waals surface area contributed by atoms with E-state index in [1.807, 2.05) is 0 Å². The first-order valence-corrected chi connectivity index (χ1v) is 9.22. The predicted octanol–water partition coefficient (Wildman–Crippen LogP) is 4.69. The Labute approximate surface area is 170 Å². The van der Waals surface area contributed by atoms with Crippen molar-refractivity contribution in [2.45, 2.75) is 6.92 Å². The van der Waals surface area contributed by atoms with Crippen molar-refractivity contribution in [3.05, 3.63) is 95.4 Å². The lowest BCUT2D eigenvalue weighted by Gasteiger charge is -2.06. The maximum Gasteiger partial charge on any atom is 0.340 e. The van der Waals surface area contributed by atoms with Gasteiger partial charge in [-0.2, -0.15) is 0 Å². The number of carbonyl (C=O) groups is 2. The number of hydrogen-bond acceptors (Lipinski definition) is 4. The Morgan fingerprint density at radius 1 is 0.967 bits per heavy atom. The number of benzene rings is 2. The predicted molar refractivity (Wildman–Crippen MR) is 106 cm³/mol. The van der Waals surface area contributed by atoms with E-state index in [0.29, 0.717) is 16.8 Å². The van der Waals surface area contributed by atoms with Gasteiger partial charge in [-0.3, -0.25) is 9.20 Å². The van der Waals surface area contributed by atoms with Crippen LogP contribution in [0.1, 0.15) is 33.3 Å². The Morgan fingerprint density at radius 3 is 2.23 bits per heavy atom. The van der Waals surface area contributed by atoms with Crippen molar-refractivity contribution in [2.75, 3.05) is 6.61 Å². The van der Waals surface area contributed by atoms with Crippen LogP contribution in [0, 0.1) is 11.6 Å². The number of hydrogen-bond donors (Lipinski definition) is 0. The summed E-state index contributed by atoms with van der Waals surface area (Å²) in [7, 11) is 0. The summed E-state index contributed by atoms with van der Waals surface area (Å²) in [5, 5.41) is 0. The van der Waals surface area contributed by atoms with E-state index in [0.717, 1.165) is 0 Å². The zero-order chi connectivity index (χ0) is 21.3. The highest BCUT2D eigenvalue weighted by Crippen LogP contribution is 2.25. The van der Waals surface area contributed by atoms with Crippen molar-refractivity contribution < 1.29 is 23.1 Å². The molecule has 2 aromatic heterocycles. The third-order valence-corrected chi connectivity index (χ3v) is 4.64. The van der Waals surface area contributed by atoms with Gasteiger partial charge in [-0.05, 0) is 67.6 Å². The summed E-state index contributed by atoms with van der Waals surface area (Å²) in [4.78, 5) is 29.8. The summed E-state index contributed by atoms with van der Waals surface area (Å²) in [5.74, 6) is -1.80. The van der Waals surface area contributed by atoms with Crippen molar-refractivity contribution in [3.63, 3.8) is 0 Å². The summed E-state index contributed by atoms with van der Waals surface area (Å²) in [6.45, 7) is 1.86. The SMILES string of the molecule is CCOC(=O)c1cc(C(=O)c2ccc(F)cc2)n2cnc(-c3ccc(F)cc3)cc12. The standard InChI is InChI=1S/C23H16F2N2O3/c1-2-30-23(29)18-11-21(22(28)15-5-9-17(25)10-6-15)27-13-26-19(12-20(18)27)14-3-7-16(24)8-4-14/h3-13H,2H2,1H3. The van der Waals surface area contributed by atoms with Gasteiger partial charge in [-0.15, -0.1) is 0 Å². The van der Waals surface area contributed by atoms with Gasteiger partial charge in [-0.1, -0.05) is 0 Å². The molecule has 0 aliphatic heterocycles. The smallest absolute Gasteiger partial charge is 0.340 e. The normalized spacial score (nSPS) is 10.9. The van der Waals surface area contributed by atoms with Crippen molar-refractivity contribution in [1.82, 2.24) is 9.38 Å². The Balaban J connectivity index is 1.87. The first kappa shape index (κ1) is 19.4. The van der Waals surface area contributed by atoms with Crippen LogP contribution in [0.2, 0.25) is 0 Å². The highest BCUT2D eigenvalue weighted by atomic mass is 19.1. The van der Waals surface area contributed by atoms with Crippen LogP contribution >= 0.6 is 0 Å². The Hall–Kier alpha value is -3.87. The van der Waals surface area contributed by atoms with Crippen LogP contribution in [0.3, 0.4) is 0 Å². The highest BCUT2D eigenvalue weighted by molar-refractivity contribution is 6.11. The lowest BCUT2D eigenvalue weighted by molar-refractivity contribution is 0.0529. The molecule has 30 heavy (non-hydrogen) atoms. The maximum atomic E-state index is 13.2. The summed E-state index contributed by atoms with van der Waals surface area (Å²) in [6, 6.07) is 14.0. The Kier molecular flexibility index (Phi) is 5.10. The molecule has 0 bridgehead atoms. The number of rotatable bonds is 5. The summed E-state index contributed by atoms with van der Waals surface area (Å²) < 4.78 is 33.1. The number of ether oxygens (including phenoxy) is 1. The van der Waals surface area contributed by atoms with Gasteiger partial charge in [0, 0.05) is 11.1 Å². The third-order valence-electron chi connectivity index (χ3n) is 4.64. The summed E-state index contributed by atoms with van der Waals surface area (Å²) in [5.41, 5.74) is 2.25. The number of halogens is 2. The third kappa shape index (κ3) is 3.57. The van der Waals surface area contributed by atoms with E-state index in [4.69, 9.17) is 4.74 Å². The molecule has 0 aliphatic carbocycles. The summed E-state index contributed by atoms with van der Waals surface area (Å²) in [6.07, 6.45) is 1.42. The average molecular weight is 406 g/mol. The number of carbonyl (C=O) groups excluding carboxylic acids is 2. The van der Waals surface area contributed by atoms with Crippen LogP contribution in [-0.4, -0.2) is 27.7 Å². The molecular formula is C23H16F2N2O3. The molecule has 0 radical (unpaired) electrons. The van der Waals surface area contributed by atoms with E-state index < -0.39 is 17.6 Å². The van der Waals surface area contributed by atoms with Gasteiger partial charge in [0.05, 0.1) is 29.1 Å². The van der Waals surface area contributed by atoms with Crippen molar-refractivity contribution in [2.24, 2.45) is 0 Å². The number of esters is 1.